The minimum Gasteiger partial charge on any atom is -0.379 e. The van der Waals surface area contributed by atoms with Gasteiger partial charge in [0.05, 0.1) is 29.5 Å². The smallest absolute Gasteiger partial charge is 0.243 e. The topological polar surface area (TPSA) is 99.3 Å². The van der Waals surface area contributed by atoms with Gasteiger partial charge >= 0.3 is 0 Å². The molecule has 188 valence electrons. The number of hydrogen-bond donors (Lipinski definition) is 1. The van der Waals surface area contributed by atoms with E-state index < -0.39 is 10.0 Å². The number of nitrogens with zero attached hydrogens (tertiary/aromatic N) is 3. The lowest BCUT2D eigenvalue weighted by molar-refractivity contribution is -0.123. The summed E-state index contributed by atoms with van der Waals surface area (Å²) in [5.74, 6) is -0.227. The summed E-state index contributed by atoms with van der Waals surface area (Å²) in [5.41, 5.74) is 0.476. The van der Waals surface area contributed by atoms with Gasteiger partial charge in [0.15, 0.2) is 0 Å². The molecule has 1 N–H and O–H groups in total. The molecule has 0 saturated carbocycles. The molecule has 1 aromatic carbocycles. The lowest BCUT2D eigenvalue weighted by atomic mass is 9.98. The molecule has 0 bridgehead atoms. The van der Waals surface area contributed by atoms with E-state index in [2.05, 4.69) is 24.1 Å². The summed E-state index contributed by atoms with van der Waals surface area (Å²) in [7, 11) is -3.70. The summed E-state index contributed by atoms with van der Waals surface area (Å²) < 4.78 is 32.9. The zero-order valence-corrected chi connectivity index (χ0v) is 21.5. The number of benzene rings is 1. The van der Waals surface area contributed by atoms with Gasteiger partial charge in [-0.05, 0) is 44.9 Å². The number of rotatable bonds is 7. The molecule has 0 aromatic heterocycles. The SMILES string of the molecule is C[C@@H]1CCC[C@H](C)N1CCNC(=O)CN1C(=O)CSc2ccc(S(=O)(=O)N3CCOCC3)cc21. The van der Waals surface area contributed by atoms with Crippen molar-refractivity contribution in [1.82, 2.24) is 14.5 Å². The van der Waals surface area contributed by atoms with Crippen LogP contribution in [0.4, 0.5) is 5.69 Å². The van der Waals surface area contributed by atoms with Crippen LogP contribution < -0.4 is 10.2 Å². The summed E-state index contributed by atoms with van der Waals surface area (Å²) in [5, 5.41) is 2.94. The van der Waals surface area contributed by atoms with E-state index in [0.29, 0.717) is 50.6 Å². The second-order valence-corrected chi connectivity index (χ2v) is 12.1. The predicted molar refractivity (Wildman–Crippen MR) is 132 cm³/mol. The van der Waals surface area contributed by atoms with E-state index >= 15 is 0 Å². The predicted octanol–water partition coefficient (Wildman–Crippen LogP) is 1.53. The first-order chi connectivity index (χ1) is 16.3. The normalized spacial score (nSPS) is 24.6. The lowest BCUT2D eigenvalue weighted by Crippen LogP contribution is -2.49. The Balaban J connectivity index is 1.43. The van der Waals surface area contributed by atoms with Crippen molar-refractivity contribution in [2.75, 3.05) is 56.6 Å². The van der Waals surface area contributed by atoms with Crippen molar-refractivity contribution in [3.63, 3.8) is 0 Å². The van der Waals surface area contributed by atoms with E-state index in [0.717, 1.165) is 11.4 Å². The number of fused-ring (bicyclic) bond motifs is 1. The summed E-state index contributed by atoms with van der Waals surface area (Å²) in [6.45, 7) is 6.93. The van der Waals surface area contributed by atoms with Gasteiger partial charge in [0.25, 0.3) is 0 Å². The lowest BCUT2D eigenvalue weighted by Gasteiger charge is -2.39. The zero-order chi connectivity index (χ0) is 24.3. The molecule has 11 heteroatoms. The molecular weight excluding hydrogens is 476 g/mol. The van der Waals surface area contributed by atoms with Gasteiger partial charge in [-0.1, -0.05) is 6.42 Å². The van der Waals surface area contributed by atoms with Gasteiger partial charge in [-0.25, -0.2) is 8.42 Å². The maximum absolute atomic E-state index is 13.1. The average molecular weight is 511 g/mol. The van der Waals surface area contributed by atoms with Crippen molar-refractivity contribution in [3.8, 4) is 0 Å². The van der Waals surface area contributed by atoms with Crippen LogP contribution in [-0.4, -0.2) is 93.2 Å². The Kier molecular flexibility index (Phi) is 8.19. The van der Waals surface area contributed by atoms with Crippen molar-refractivity contribution in [1.29, 1.82) is 0 Å². The molecule has 3 aliphatic rings. The number of carbonyl (C=O) groups excluding carboxylic acids is 2. The molecule has 2 fully saturated rings. The third kappa shape index (κ3) is 5.59. The molecule has 34 heavy (non-hydrogen) atoms. The number of sulfonamides is 1. The first-order valence-electron chi connectivity index (χ1n) is 11.9. The molecule has 9 nitrogen and oxygen atoms in total. The van der Waals surface area contributed by atoms with E-state index in [1.54, 1.807) is 12.1 Å². The molecule has 2 amide bonds. The van der Waals surface area contributed by atoms with Crippen LogP contribution in [0.15, 0.2) is 28.0 Å². The molecule has 0 aliphatic carbocycles. The average Bonchev–Trinajstić information content (AvgIpc) is 2.83. The van der Waals surface area contributed by atoms with Crippen LogP contribution in [0.1, 0.15) is 33.1 Å². The number of hydrogen-bond acceptors (Lipinski definition) is 7. The summed E-state index contributed by atoms with van der Waals surface area (Å²) in [6, 6.07) is 5.82. The van der Waals surface area contributed by atoms with Crippen LogP contribution >= 0.6 is 11.8 Å². The second-order valence-electron chi connectivity index (χ2n) is 9.13. The van der Waals surface area contributed by atoms with Crippen molar-refractivity contribution < 1.29 is 22.7 Å². The largest absolute Gasteiger partial charge is 0.379 e. The molecule has 3 aliphatic heterocycles. The van der Waals surface area contributed by atoms with Crippen molar-refractivity contribution in [2.24, 2.45) is 0 Å². The number of morpholine rings is 1. The van der Waals surface area contributed by atoms with E-state index in [4.69, 9.17) is 4.74 Å². The van der Waals surface area contributed by atoms with Crippen LogP contribution in [0, 0.1) is 0 Å². The van der Waals surface area contributed by atoms with E-state index in [1.165, 1.54) is 46.3 Å². The van der Waals surface area contributed by atoms with Crippen LogP contribution in [0.5, 0.6) is 0 Å². The molecule has 0 unspecified atom stereocenters. The van der Waals surface area contributed by atoms with Crippen LogP contribution in [-0.2, 0) is 24.3 Å². The highest BCUT2D eigenvalue weighted by Gasteiger charge is 2.31. The zero-order valence-electron chi connectivity index (χ0n) is 19.9. The van der Waals surface area contributed by atoms with Crippen LogP contribution in [0.3, 0.4) is 0 Å². The quantitative estimate of drug-likeness (QED) is 0.594. The van der Waals surface area contributed by atoms with Crippen molar-refractivity contribution >= 4 is 39.3 Å². The maximum Gasteiger partial charge on any atom is 0.243 e. The Hall–Kier alpha value is -1.66. The Bertz CT molecular complexity index is 1000. The number of piperidine rings is 1. The maximum atomic E-state index is 13.1. The molecule has 4 rings (SSSR count). The number of nitrogens with one attached hydrogen (secondary N) is 1. The Morgan fingerprint density at radius 3 is 2.59 bits per heavy atom. The van der Waals surface area contributed by atoms with Gasteiger partial charge in [0.1, 0.15) is 6.54 Å². The number of likely N-dealkylation sites (tertiary alicyclic amines) is 1. The van der Waals surface area contributed by atoms with E-state index in [-0.39, 0.29) is 29.0 Å². The molecule has 3 heterocycles. The van der Waals surface area contributed by atoms with Crippen LogP contribution in [0.2, 0.25) is 0 Å². The standard InChI is InChI=1S/C23H34N4O5S2/c1-17-4-3-5-18(2)26(17)9-8-24-22(28)15-27-20-14-19(6-7-21(20)33-16-23(27)29)34(30,31)25-10-12-32-13-11-25/h6-7,14,17-18H,3-5,8-13,15-16H2,1-2H3,(H,24,28)/t17-,18+. The third-order valence-electron chi connectivity index (χ3n) is 6.85. The number of thioether (sulfide) groups is 1. The Morgan fingerprint density at radius 2 is 1.88 bits per heavy atom. The van der Waals surface area contributed by atoms with Crippen LogP contribution in [0.25, 0.3) is 0 Å². The molecule has 1 aromatic rings. The monoisotopic (exact) mass is 510 g/mol. The Morgan fingerprint density at radius 1 is 1.18 bits per heavy atom. The molecule has 2 saturated heterocycles. The summed E-state index contributed by atoms with van der Waals surface area (Å²) in [6.07, 6.45) is 3.58. The molecule has 0 radical (unpaired) electrons. The molecule has 0 spiro atoms. The highest BCUT2D eigenvalue weighted by atomic mass is 32.2. The highest BCUT2D eigenvalue weighted by Crippen LogP contribution is 2.37. The van der Waals surface area contributed by atoms with Gasteiger partial charge < -0.3 is 15.0 Å². The third-order valence-corrected chi connectivity index (χ3v) is 9.79. The highest BCUT2D eigenvalue weighted by molar-refractivity contribution is 8.00. The first-order valence-corrected chi connectivity index (χ1v) is 14.4. The fourth-order valence-electron chi connectivity index (χ4n) is 4.89. The minimum absolute atomic E-state index is 0.126. The number of carbonyl (C=O) groups is 2. The molecular formula is C23H34N4O5S2. The van der Waals surface area contributed by atoms with Gasteiger partial charge in [-0.15, -0.1) is 11.8 Å². The second kappa shape index (κ2) is 10.9. The number of anilines is 1. The van der Waals surface area contributed by atoms with Gasteiger partial charge in [-0.2, -0.15) is 4.31 Å². The minimum atomic E-state index is -3.70. The fraction of sp³-hybridized carbons (Fsp3) is 0.652. The van der Waals surface area contributed by atoms with Gasteiger partial charge in [-0.3, -0.25) is 14.5 Å². The number of ether oxygens (including phenoxy) is 1. The molecule has 2 atom stereocenters. The summed E-state index contributed by atoms with van der Waals surface area (Å²) >= 11 is 1.36. The van der Waals surface area contributed by atoms with Crippen molar-refractivity contribution in [2.45, 2.75) is 55.0 Å². The van der Waals surface area contributed by atoms with Gasteiger partial charge in [0.2, 0.25) is 21.8 Å². The fourth-order valence-corrected chi connectivity index (χ4v) is 7.24. The van der Waals surface area contributed by atoms with Gasteiger partial charge in [0, 0.05) is 43.2 Å². The van der Waals surface area contributed by atoms with E-state index in [9.17, 15) is 18.0 Å². The van der Waals surface area contributed by atoms with Crippen molar-refractivity contribution in [3.05, 3.63) is 18.2 Å². The van der Waals surface area contributed by atoms with E-state index in [1.807, 2.05) is 0 Å². The summed E-state index contributed by atoms with van der Waals surface area (Å²) in [4.78, 5) is 30.2. The first kappa shape index (κ1) is 25.4. The number of amides is 2. The Labute approximate surface area is 206 Å².